The first-order chi connectivity index (χ1) is 16.5. The number of aromatic nitrogens is 2. The van der Waals surface area contributed by atoms with Crippen LogP contribution in [-0.2, 0) is 11.3 Å². The molecule has 34 heavy (non-hydrogen) atoms. The number of carboxylic acids is 1. The van der Waals surface area contributed by atoms with Crippen molar-refractivity contribution in [3.05, 3.63) is 47.9 Å². The molecular formula is C26H35N5O3. The molecule has 0 aliphatic heterocycles. The van der Waals surface area contributed by atoms with E-state index in [9.17, 15) is 9.59 Å². The molecule has 2 fully saturated rings. The number of carbonyl (C=O) groups is 2. The fourth-order valence-corrected chi connectivity index (χ4v) is 4.58. The predicted molar refractivity (Wildman–Crippen MR) is 132 cm³/mol. The number of amides is 1. The highest BCUT2D eigenvalue weighted by Gasteiger charge is 2.30. The van der Waals surface area contributed by atoms with Gasteiger partial charge in [0, 0.05) is 30.9 Å². The molecule has 2 aromatic rings. The minimum Gasteiger partial charge on any atom is -0.480 e. The molecule has 2 saturated carbocycles. The van der Waals surface area contributed by atoms with Gasteiger partial charge >= 0.3 is 5.97 Å². The van der Waals surface area contributed by atoms with E-state index >= 15 is 0 Å². The zero-order chi connectivity index (χ0) is 23.9. The maximum atomic E-state index is 12.9. The van der Waals surface area contributed by atoms with Crippen LogP contribution in [-0.4, -0.2) is 45.6 Å². The molecule has 0 bridgehead atoms. The summed E-state index contributed by atoms with van der Waals surface area (Å²) in [4.78, 5) is 35.3. The van der Waals surface area contributed by atoms with E-state index in [0.29, 0.717) is 30.4 Å². The van der Waals surface area contributed by atoms with Crippen LogP contribution in [0.2, 0.25) is 0 Å². The lowest BCUT2D eigenvalue weighted by Crippen LogP contribution is -2.39. The number of hydrogen-bond acceptors (Lipinski definition) is 6. The highest BCUT2D eigenvalue weighted by atomic mass is 16.4. The van der Waals surface area contributed by atoms with E-state index in [2.05, 4.69) is 25.5 Å². The first-order valence-corrected chi connectivity index (χ1v) is 12.5. The third-order valence-electron chi connectivity index (χ3n) is 6.82. The van der Waals surface area contributed by atoms with Crippen LogP contribution in [0.3, 0.4) is 0 Å². The molecule has 1 aromatic heterocycles. The van der Waals surface area contributed by atoms with Crippen molar-refractivity contribution in [2.45, 2.75) is 76.9 Å². The van der Waals surface area contributed by atoms with Gasteiger partial charge in [-0.05, 0) is 55.7 Å². The Labute approximate surface area is 201 Å². The van der Waals surface area contributed by atoms with Gasteiger partial charge in [-0.3, -0.25) is 9.59 Å². The molecular weight excluding hydrogens is 430 g/mol. The summed E-state index contributed by atoms with van der Waals surface area (Å²) in [5.74, 6) is 0.478. The number of carbonyl (C=O) groups excluding carboxylic acids is 1. The number of aliphatic carboxylic acids is 1. The minimum atomic E-state index is -0.852. The number of carboxylic acid groups (broad SMARTS) is 1. The molecule has 1 unspecified atom stereocenters. The van der Waals surface area contributed by atoms with Gasteiger partial charge in [0.1, 0.15) is 23.9 Å². The van der Waals surface area contributed by atoms with Gasteiger partial charge in [0.15, 0.2) is 0 Å². The molecule has 0 spiro atoms. The lowest BCUT2D eigenvalue weighted by Gasteiger charge is -2.35. The van der Waals surface area contributed by atoms with Crippen LogP contribution in [0, 0.1) is 5.92 Å². The molecule has 3 N–H and O–H groups in total. The van der Waals surface area contributed by atoms with Crippen LogP contribution in [0.15, 0.2) is 36.7 Å². The van der Waals surface area contributed by atoms with Gasteiger partial charge in [-0.1, -0.05) is 38.3 Å². The van der Waals surface area contributed by atoms with Crippen molar-refractivity contribution in [2.75, 3.05) is 16.8 Å². The second-order valence-corrected chi connectivity index (χ2v) is 9.48. The number of benzene rings is 1. The number of nitrogens with one attached hydrogen (secondary N) is 2. The highest BCUT2D eigenvalue weighted by molar-refractivity contribution is 6.03. The topological polar surface area (TPSA) is 107 Å². The van der Waals surface area contributed by atoms with Gasteiger partial charge < -0.3 is 20.6 Å². The monoisotopic (exact) mass is 465 g/mol. The zero-order valence-corrected chi connectivity index (χ0v) is 19.9. The van der Waals surface area contributed by atoms with Crippen molar-refractivity contribution in [3.63, 3.8) is 0 Å². The summed E-state index contributed by atoms with van der Waals surface area (Å²) in [5, 5.41) is 15.1. The fourth-order valence-electron chi connectivity index (χ4n) is 4.58. The Morgan fingerprint density at radius 1 is 1.09 bits per heavy atom. The second-order valence-electron chi connectivity index (χ2n) is 9.48. The van der Waals surface area contributed by atoms with Crippen molar-refractivity contribution in [3.8, 4) is 0 Å². The van der Waals surface area contributed by atoms with Gasteiger partial charge in [0.05, 0.1) is 0 Å². The molecule has 4 rings (SSSR count). The minimum absolute atomic E-state index is 0.263. The van der Waals surface area contributed by atoms with E-state index in [-0.39, 0.29) is 5.91 Å². The quantitative estimate of drug-likeness (QED) is 0.456. The normalized spacial score (nSPS) is 17.2. The first-order valence-electron chi connectivity index (χ1n) is 12.5. The highest BCUT2D eigenvalue weighted by Crippen LogP contribution is 2.34. The molecule has 8 nitrogen and oxygen atoms in total. The van der Waals surface area contributed by atoms with Crippen LogP contribution in [0.4, 0.5) is 11.5 Å². The zero-order valence-electron chi connectivity index (χ0n) is 19.9. The Morgan fingerprint density at radius 2 is 1.82 bits per heavy atom. The largest absolute Gasteiger partial charge is 0.480 e. The summed E-state index contributed by atoms with van der Waals surface area (Å²) in [7, 11) is 0. The Hall–Kier alpha value is -3.00. The van der Waals surface area contributed by atoms with E-state index in [4.69, 9.17) is 5.11 Å². The Balaban J connectivity index is 1.39. The Kier molecular flexibility index (Phi) is 8.11. The standard InChI is InChI=1S/C26H35N5O3/c1-2-22(26(33)34)27-15-18-10-12-20(13-11-18)30-25(32)23-14-24(29-17-28-23)31(16-19-8-9-19)21-6-4-3-5-7-21/h10-14,17,19,21-22,27H,2-9,15-16H2,1H3,(H,30,32)(H,33,34). The van der Waals surface area contributed by atoms with Gasteiger partial charge in [-0.2, -0.15) is 0 Å². The van der Waals surface area contributed by atoms with Crippen LogP contribution < -0.4 is 15.5 Å². The van der Waals surface area contributed by atoms with Gasteiger partial charge in [-0.25, -0.2) is 9.97 Å². The Bertz CT molecular complexity index is 971. The molecule has 1 aromatic carbocycles. The molecule has 182 valence electrons. The van der Waals surface area contributed by atoms with Crippen molar-refractivity contribution in [2.24, 2.45) is 5.92 Å². The first kappa shape index (κ1) is 24.1. The molecule has 0 radical (unpaired) electrons. The summed E-state index contributed by atoms with van der Waals surface area (Å²) >= 11 is 0. The molecule has 1 heterocycles. The van der Waals surface area contributed by atoms with Gasteiger partial charge in [-0.15, -0.1) is 0 Å². The van der Waals surface area contributed by atoms with E-state index in [1.54, 1.807) is 0 Å². The fraction of sp³-hybridized carbons (Fsp3) is 0.538. The number of hydrogen-bond donors (Lipinski definition) is 3. The molecule has 1 amide bonds. The lowest BCUT2D eigenvalue weighted by atomic mass is 9.94. The number of nitrogens with zero attached hydrogens (tertiary/aromatic N) is 3. The van der Waals surface area contributed by atoms with Gasteiger partial charge in [0.2, 0.25) is 0 Å². The maximum Gasteiger partial charge on any atom is 0.320 e. The molecule has 2 aliphatic carbocycles. The summed E-state index contributed by atoms with van der Waals surface area (Å²) in [5.41, 5.74) is 1.98. The van der Waals surface area contributed by atoms with Crippen molar-refractivity contribution >= 4 is 23.4 Å². The molecule has 2 aliphatic rings. The molecule has 1 atom stereocenters. The molecule has 0 saturated heterocycles. The third kappa shape index (κ3) is 6.53. The maximum absolute atomic E-state index is 12.9. The van der Waals surface area contributed by atoms with Crippen molar-refractivity contribution in [1.29, 1.82) is 0 Å². The SMILES string of the molecule is CCC(NCc1ccc(NC(=O)c2cc(N(CC3CC3)C3CCCCC3)ncn2)cc1)C(=O)O. The summed E-state index contributed by atoms with van der Waals surface area (Å²) in [6, 6.07) is 9.14. The van der Waals surface area contributed by atoms with E-state index in [1.165, 1.54) is 51.3 Å². The molecule has 8 heteroatoms. The number of rotatable bonds is 11. The summed E-state index contributed by atoms with van der Waals surface area (Å²) in [6.45, 7) is 3.30. The smallest absolute Gasteiger partial charge is 0.320 e. The van der Waals surface area contributed by atoms with Gasteiger partial charge in [0.25, 0.3) is 5.91 Å². The predicted octanol–water partition coefficient (Wildman–Crippen LogP) is 4.23. The van der Waals surface area contributed by atoms with E-state index < -0.39 is 12.0 Å². The third-order valence-corrected chi connectivity index (χ3v) is 6.82. The van der Waals surface area contributed by atoms with Crippen LogP contribution >= 0.6 is 0 Å². The lowest BCUT2D eigenvalue weighted by molar-refractivity contribution is -0.139. The van der Waals surface area contributed by atoms with Crippen molar-refractivity contribution in [1.82, 2.24) is 15.3 Å². The average molecular weight is 466 g/mol. The summed E-state index contributed by atoms with van der Waals surface area (Å²) in [6.07, 6.45) is 10.8. The van der Waals surface area contributed by atoms with E-state index in [1.807, 2.05) is 37.3 Å². The average Bonchev–Trinajstić information content (AvgIpc) is 3.69. The second kappa shape index (κ2) is 11.4. The number of anilines is 2. The summed E-state index contributed by atoms with van der Waals surface area (Å²) < 4.78 is 0. The Morgan fingerprint density at radius 3 is 2.47 bits per heavy atom. The van der Waals surface area contributed by atoms with Crippen LogP contribution in [0.25, 0.3) is 0 Å². The van der Waals surface area contributed by atoms with E-state index in [0.717, 1.165) is 23.8 Å². The van der Waals surface area contributed by atoms with Crippen LogP contribution in [0.1, 0.15) is 74.3 Å². The van der Waals surface area contributed by atoms with Crippen LogP contribution in [0.5, 0.6) is 0 Å². The van der Waals surface area contributed by atoms with Crippen molar-refractivity contribution < 1.29 is 14.7 Å².